The summed E-state index contributed by atoms with van der Waals surface area (Å²) in [5.41, 5.74) is 9.49. The quantitative estimate of drug-likeness (QED) is 0.872. The summed E-state index contributed by atoms with van der Waals surface area (Å²) in [7, 11) is 0. The van der Waals surface area contributed by atoms with Crippen LogP contribution in [0, 0.1) is 6.92 Å². The van der Waals surface area contributed by atoms with Crippen molar-refractivity contribution in [1.29, 1.82) is 0 Å². The molecule has 0 saturated heterocycles. The van der Waals surface area contributed by atoms with Crippen LogP contribution in [0.1, 0.15) is 42.9 Å². The zero-order chi connectivity index (χ0) is 12.0. The van der Waals surface area contributed by atoms with E-state index in [2.05, 4.69) is 28.9 Å². The topological polar surface area (TPSA) is 43.3 Å². The molecule has 3 nitrogen and oxygen atoms in total. The summed E-state index contributed by atoms with van der Waals surface area (Å²) in [6.07, 6.45) is 7.08. The van der Waals surface area contributed by atoms with Crippen LogP contribution >= 0.6 is 15.9 Å². The van der Waals surface area contributed by atoms with Crippen molar-refractivity contribution in [2.75, 3.05) is 5.73 Å². The molecule has 1 aliphatic rings. The number of rotatable bonds is 1. The molecule has 3 rings (SSSR count). The first kappa shape index (κ1) is 11.1. The maximum atomic E-state index is 6.24. The Balaban J connectivity index is 2.20. The fourth-order valence-electron chi connectivity index (χ4n) is 2.80. The van der Waals surface area contributed by atoms with Gasteiger partial charge in [0.15, 0.2) is 0 Å². The second-order valence-electron chi connectivity index (χ2n) is 4.90. The number of hydrogen-bond acceptors (Lipinski definition) is 2. The van der Waals surface area contributed by atoms with Crippen molar-refractivity contribution < 1.29 is 0 Å². The maximum Gasteiger partial charge on any atom is 0.141 e. The summed E-state index contributed by atoms with van der Waals surface area (Å²) in [6, 6.07) is 2.08. The van der Waals surface area contributed by atoms with E-state index in [4.69, 9.17) is 10.7 Å². The third-order valence-electron chi connectivity index (χ3n) is 3.68. The largest absolute Gasteiger partial charge is 0.383 e. The van der Waals surface area contributed by atoms with Gasteiger partial charge in [-0.05, 0) is 47.3 Å². The molecule has 2 aromatic rings. The van der Waals surface area contributed by atoms with Crippen molar-refractivity contribution in [2.45, 2.75) is 38.5 Å². The molecule has 0 spiro atoms. The van der Waals surface area contributed by atoms with Crippen LogP contribution < -0.4 is 5.73 Å². The molecule has 1 saturated carbocycles. The van der Waals surface area contributed by atoms with Crippen LogP contribution in [-0.2, 0) is 0 Å². The third kappa shape index (κ3) is 1.75. The summed E-state index contributed by atoms with van der Waals surface area (Å²) in [5, 5.41) is 0. The number of fused-ring (bicyclic) bond motifs is 1. The second kappa shape index (κ2) is 4.02. The van der Waals surface area contributed by atoms with E-state index in [0.29, 0.717) is 5.92 Å². The Morgan fingerprint density at radius 3 is 2.82 bits per heavy atom. The molecule has 0 radical (unpaired) electrons. The average Bonchev–Trinajstić information content (AvgIpc) is 2.87. The van der Waals surface area contributed by atoms with E-state index in [1.165, 1.54) is 25.7 Å². The van der Waals surface area contributed by atoms with Crippen molar-refractivity contribution >= 4 is 27.4 Å². The van der Waals surface area contributed by atoms with Crippen molar-refractivity contribution in [3.63, 3.8) is 0 Å². The molecule has 1 aliphatic carbocycles. The number of aromatic nitrogens is 2. The summed E-state index contributed by atoms with van der Waals surface area (Å²) in [4.78, 5) is 4.75. The van der Waals surface area contributed by atoms with Crippen LogP contribution in [0.25, 0.3) is 5.65 Å². The van der Waals surface area contributed by atoms with Crippen LogP contribution in [0.5, 0.6) is 0 Å². The zero-order valence-corrected chi connectivity index (χ0v) is 11.5. The minimum atomic E-state index is 0.563. The zero-order valence-electron chi connectivity index (χ0n) is 9.91. The average molecular weight is 294 g/mol. The summed E-state index contributed by atoms with van der Waals surface area (Å²) < 4.78 is 3.05. The number of imidazole rings is 1. The fraction of sp³-hybridized carbons (Fsp3) is 0.462. The van der Waals surface area contributed by atoms with Crippen molar-refractivity contribution in [3.05, 3.63) is 28.0 Å². The van der Waals surface area contributed by atoms with Crippen LogP contribution in [0.4, 0.5) is 5.82 Å². The maximum absolute atomic E-state index is 6.24. The van der Waals surface area contributed by atoms with E-state index >= 15 is 0 Å². The van der Waals surface area contributed by atoms with Crippen LogP contribution in [0.15, 0.2) is 16.7 Å². The van der Waals surface area contributed by atoms with Gasteiger partial charge in [0.25, 0.3) is 0 Å². The molecule has 2 heterocycles. The van der Waals surface area contributed by atoms with E-state index < -0.39 is 0 Å². The standard InChI is InChI=1S/C13H16BrN3/c1-8-6-10(14)7-17-12(15)11(16-13(8)17)9-4-2-3-5-9/h6-7,9H,2-5,15H2,1H3. The predicted molar refractivity (Wildman–Crippen MR) is 73.3 cm³/mol. The predicted octanol–water partition coefficient (Wildman–Crippen LogP) is 3.65. The molecule has 17 heavy (non-hydrogen) atoms. The van der Waals surface area contributed by atoms with E-state index in [9.17, 15) is 0 Å². The molecule has 1 fully saturated rings. The van der Waals surface area contributed by atoms with E-state index in [1.54, 1.807) is 0 Å². The molecule has 0 aromatic carbocycles. The lowest BCUT2D eigenvalue weighted by atomic mass is 10.0. The number of nitrogen functional groups attached to an aromatic ring is 1. The lowest BCUT2D eigenvalue weighted by Gasteiger charge is -2.05. The van der Waals surface area contributed by atoms with Gasteiger partial charge in [0, 0.05) is 16.6 Å². The number of pyridine rings is 1. The molecule has 4 heteroatoms. The molecule has 0 atom stereocenters. The molecular weight excluding hydrogens is 278 g/mol. The first-order valence-corrected chi connectivity index (χ1v) is 6.89. The summed E-state index contributed by atoms with van der Waals surface area (Å²) in [6.45, 7) is 2.07. The highest BCUT2D eigenvalue weighted by molar-refractivity contribution is 9.10. The number of anilines is 1. The van der Waals surface area contributed by atoms with Gasteiger partial charge in [-0.15, -0.1) is 0 Å². The molecule has 0 amide bonds. The number of halogens is 1. The minimum absolute atomic E-state index is 0.563. The molecule has 0 unspecified atom stereocenters. The lowest BCUT2D eigenvalue weighted by molar-refractivity contribution is 0.706. The van der Waals surface area contributed by atoms with Crippen molar-refractivity contribution in [2.24, 2.45) is 0 Å². The van der Waals surface area contributed by atoms with Crippen LogP contribution in [0.3, 0.4) is 0 Å². The van der Waals surface area contributed by atoms with E-state index in [-0.39, 0.29) is 0 Å². The Hall–Kier alpha value is -1.03. The molecule has 2 N–H and O–H groups in total. The van der Waals surface area contributed by atoms with Crippen LogP contribution in [-0.4, -0.2) is 9.38 Å². The second-order valence-corrected chi connectivity index (χ2v) is 5.81. The molecule has 0 aliphatic heterocycles. The number of nitrogens with zero attached hydrogens (tertiary/aromatic N) is 2. The van der Waals surface area contributed by atoms with Crippen LogP contribution in [0.2, 0.25) is 0 Å². The Morgan fingerprint density at radius 2 is 2.12 bits per heavy atom. The van der Waals surface area contributed by atoms with Gasteiger partial charge in [0.2, 0.25) is 0 Å². The fourth-order valence-corrected chi connectivity index (χ4v) is 3.35. The Bertz CT molecular complexity index is 568. The molecule has 0 bridgehead atoms. The monoisotopic (exact) mass is 293 g/mol. The Morgan fingerprint density at radius 1 is 1.41 bits per heavy atom. The third-order valence-corrected chi connectivity index (χ3v) is 4.11. The normalized spacial score (nSPS) is 17.1. The Kier molecular flexibility index (Phi) is 2.62. The van der Waals surface area contributed by atoms with Gasteiger partial charge in [-0.25, -0.2) is 4.98 Å². The SMILES string of the molecule is Cc1cc(Br)cn2c(N)c(C3CCCC3)nc12. The van der Waals surface area contributed by atoms with Crippen molar-refractivity contribution in [1.82, 2.24) is 9.38 Å². The van der Waals surface area contributed by atoms with E-state index in [0.717, 1.165) is 27.2 Å². The first-order valence-electron chi connectivity index (χ1n) is 6.10. The smallest absolute Gasteiger partial charge is 0.141 e. The van der Waals surface area contributed by atoms with Crippen molar-refractivity contribution in [3.8, 4) is 0 Å². The minimum Gasteiger partial charge on any atom is -0.383 e. The highest BCUT2D eigenvalue weighted by Gasteiger charge is 2.23. The Labute approximate surface area is 109 Å². The lowest BCUT2D eigenvalue weighted by Crippen LogP contribution is -2.00. The van der Waals surface area contributed by atoms with Gasteiger partial charge in [0.1, 0.15) is 11.5 Å². The summed E-state index contributed by atoms with van der Waals surface area (Å²) in [5.74, 6) is 1.38. The number of hydrogen-bond donors (Lipinski definition) is 1. The molecule has 90 valence electrons. The van der Waals surface area contributed by atoms with Gasteiger partial charge in [0.05, 0.1) is 5.69 Å². The molecular formula is C13H16BrN3. The molecule has 2 aromatic heterocycles. The number of aryl methyl sites for hydroxylation is 1. The highest BCUT2D eigenvalue weighted by atomic mass is 79.9. The van der Waals surface area contributed by atoms with Gasteiger partial charge >= 0.3 is 0 Å². The van der Waals surface area contributed by atoms with Gasteiger partial charge in [-0.1, -0.05) is 12.8 Å². The summed E-state index contributed by atoms with van der Waals surface area (Å²) >= 11 is 3.51. The first-order chi connectivity index (χ1) is 8.16. The number of nitrogens with two attached hydrogens (primary N) is 1. The van der Waals surface area contributed by atoms with Gasteiger partial charge in [-0.2, -0.15) is 0 Å². The van der Waals surface area contributed by atoms with Gasteiger partial charge < -0.3 is 5.73 Å². The van der Waals surface area contributed by atoms with E-state index in [1.807, 2.05) is 10.6 Å². The van der Waals surface area contributed by atoms with Gasteiger partial charge in [-0.3, -0.25) is 4.40 Å². The highest BCUT2D eigenvalue weighted by Crippen LogP contribution is 2.37.